The number of hydrogen-bond acceptors (Lipinski definition) is 5. The standard InChI is InChI=1S/C21H25N3O4S2/c1-14-7-9-17(12-15(14)2)24(30(4,27)28)11-5-6-20(25)22-16-8-10-18-19(13-16)29-21(26)23(18)3/h7-10,12-13H,5-6,11H2,1-4H3,(H,22,25). The Balaban J connectivity index is 1.64. The third-order valence-corrected chi connectivity index (χ3v) is 7.21. The molecule has 3 rings (SSSR count). The van der Waals surface area contributed by atoms with Gasteiger partial charge in [-0.15, -0.1) is 0 Å². The van der Waals surface area contributed by atoms with Crippen molar-refractivity contribution in [1.29, 1.82) is 0 Å². The molecule has 0 saturated carbocycles. The molecular weight excluding hydrogens is 422 g/mol. The van der Waals surface area contributed by atoms with E-state index in [-0.39, 0.29) is 23.7 Å². The second-order valence-electron chi connectivity index (χ2n) is 7.36. The number of carbonyl (C=O) groups is 1. The van der Waals surface area contributed by atoms with Gasteiger partial charge in [-0.1, -0.05) is 17.4 Å². The molecule has 160 valence electrons. The normalized spacial score (nSPS) is 11.6. The highest BCUT2D eigenvalue weighted by Gasteiger charge is 2.18. The van der Waals surface area contributed by atoms with Crippen molar-refractivity contribution < 1.29 is 13.2 Å². The quantitative estimate of drug-likeness (QED) is 0.601. The SMILES string of the molecule is Cc1ccc(N(CCCC(=O)Nc2ccc3c(c2)sc(=O)n3C)S(C)(=O)=O)cc1C. The van der Waals surface area contributed by atoms with E-state index in [1.807, 2.05) is 26.0 Å². The predicted molar refractivity (Wildman–Crippen MR) is 123 cm³/mol. The number of rotatable bonds is 7. The summed E-state index contributed by atoms with van der Waals surface area (Å²) in [5.74, 6) is -0.203. The van der Waals surface area contributed by atoms with Gasteiger partial charge in [0.1, 0.15) is 0 Å². The zero-order valence-electron chi connectivity index (χ0n) is 17.4. The molecule has 1 heterocycles. The number of anilines is 2. The van der Waals surface area contributed by atoms with Gasteiger partial charge in [0.25, 0.3) is 0 Å². The molecule has 1 amide bonds. The number of aryl methyl sites for hydroxylation is 3. The molecule has 30 heavy (non-hydrogen) atoms. The van der Waals surface area contributed by atoms with Crippen LogP contribution < -0.4 is 14.5 Å². The minimum atomic E-state index is -3.46. The summed E-state index contributed by atoms with van der Waals surface area (Å²) in [5, 5.41) is 2.82. The maximum Gasteiger partial charge on any atom is 0.307 e. The van der Waals surface area contributed by atoms with Crippen molar-refractivity contribution in [2.45, 2.75) is 26.7 Å². The van der Waals surface area contributed by atoms with E-state index in [1.54, 1.807) is 35.9 Å². The molecule has 0 aliphatic heterocycles. The van der Waals surface area contributed by atoms with Crippen LogP contribution in [-0.2, 0) is 21.9 Å². The topological polar surface area (TPSA) is 88.5 Å². The van der Waals surface area contributed by atoms with Gasteiger partial charge in [0, 0.05) is 25.7 Å². The summed E-state index contributed by atoms with van der Waals surface area (Å²) in [6, 6.07) is 10.8. The van der Waals surface area contributed by atoms with Gasteiger partial charge in [-0.3, -0.25) is 13.9 Å². The molecule has 0 saturated heterocycles. The lowest BCUT2D eigenvalue weighted by atomic mass is 10.1. The zero-order chi connectivity index (χ0) is 22.1. The Kier molecular flexibility index (Phi) is 6.33. The molecule has 0 atom stereocenters. The van der Waals surface area contributed by atoms with E-state index >= 15 is 0 Å². The molecule has 7 nitrogen and oxygen atoms in total. The third-order valence-electron chi connectivity index (χ3n) is 5.02. The minimum Gasteiger partial charge on any atom is -0.326 e. The van der Waals surface area contributed by atoms with Crippen LogP contribution in [0, 0.1) is 13.8 Å². The molecule has 0 unspecified atom stereocenters. The first-order valence-electron chi connectivity index (χ1n) is 9.50. The van der Waals surface area contributed by atoms with E-state index in [9.17, 15) is 18.0 Å². The average molecular weight is 448 g/mol. The molecule has 0 aliphatic rings. The van der Waals surface area contributed by atoms with Gasteiger partial charge in [0.15, 0.2) is 0 Å². The first-order chi connectivity index (χ1) is 14.1. The van der Waals surface area contributed by atoms with E-state index in [2.05, 4.69) is 5.32 Å². The first-order valence-corrected chi connectivity index (χ1v) is 12.2. The Morgan fingerprint density at radius 1 is 1.13 bits per heavy atom. The average Bonchev–Trinajstić information content (AvgIpc) is 2.94. The van der Waals surface area contributed by atoms with Crippen molar-refractivity contribution >= 4 is 48.9 Å². The highest BCUT2D eigenvalue weighted by atomic mass is 32.2. The number of carbonyl (C=O) groups excluding carboxylic acids is 1. The minimum absolute atomic E-state index is 0.0549. The summed E-state index contributed by atoms with van der Waals surface area (Å²) in [5.41, 5.74) is 4.14. The van der Waals surface area contributed by atoms with Crippen LogP contribution in [0.5, 0.6) is 0 Å². The number of benzene rings is 2. The van der Waals surface area contributed by atoms with Crippen LogP contribution in [0.15, 0.2) is 41.2 Å². The fourth-order valence-electron chi connectivity index (χ4n) is 3.19. The van der Waals surface area contributed by atoms with Gasteiger partial charge in [-0.2, -0.15) is 0 Å². The number of fused-ring (bicyclic) bond motifs is 1. The maximum atomic E-state index is 12.3. The number of hydrogen-bond donors (Lipinski definition) is 1. The molecule has 0 spiro atoms. The van der Waals surface area contributed by atoms with Crippen molar-refractivity contribution in [3.63, 3.8) is 0 Å². The molecule has 0 aliphatic carbocycles. The number of amides is 1. The Hall–Kier alpha value is -2.65. The summed E-state index contributed by atoms with van der Waals surface area (Å²) in [4.78, 5) is 24.0. The van der Waals surface area contributed by atoms with Crippen molar-refractivity contribution in [3.05, 3.63) is 57.2 Å². The Bertz CT molecular complexity index is 1260. The summed E-state index contributed by atoms with van der Waals surface area (Å²) in [6.45, 7) is 4.13. The Labute approximate surface area is 180 Å². The maximum absolute atomic E-state index is 12.3. The van der Waals surface area contributed by atoms with Crippen LogP contribution in [0.4, 0.5) is 11.4 Å². The predicted octanol–water partition coefficient (Wildman–Crippen LogP) is 3.40. The highest BCUT2D eigenvalue weighted by Crippen LogP contribution is 2.23. The Morgan fingerprint density at radius 3 is 2.53 bits per heavy atom. The van der Waals surface area contributed by atoms with Crippen LogP contribution in [0.25, 0.3) is 10.2 Å². The van der Waals surface area contributed by atoms with Crippen LogP contribution in [0.2, 0.25) is 0 Å². The number of aromatic nitrogens is 1. The van der Waals surface area contributed by atoms with E-state index in [0.717, 1.165) is 32.7 Å². The summed E-state index contributed by atoms with van der Waals surface area (Å²) >= 11 is 1.13. The summed E-state index contributed by atoms with van der Waals surface area (Å²) < 4.78 is 28.2. The number of sulfonamides is 1. The number of nitrogens with zero attached hydrogens (tertiary/aromatic N) is 2. The third kappa shape index (κ3) is 4.91. The summed E-state index contributed by atoms with van der Waals surface area (Å²) in [7, 11) is -1.75. The second-order valence-corrected chi connectivity index (χ2v) is 10.3. The van der Waals surface area contributed by atoms with Crippen molar-refractivity contribution in [1.82, 2.24) is 4.57 Å². The Morgan fingerprint density at radius 2 is 1.87 bits per heavy atom. The lowest BCUT2D eigenvalue weighted by Gasteiger charge is -2.23. The molecule has 3 aromatic rings. The second kappa shape index (κ2) is 8.61. The zero-order valence-corrected chi connectivity index (χ0v) is 19.1. The van der Waals surface area contributed by atoms with Gasteiger partial charge < -0.3 is 9.88 Å². The molecule has 0 fully saturated rings. The first kappa shape index (κ1) is 22.0. The monoisotopic (exact) mass is 447 g/mol. The molecule has 2 aromatic carbocycles. The number of thiazole rings is 1. The van der Waals surface area contributed by atoms with Gasteiger partial charge in [0.2, 0.25) is 15.9 Å². The van der Waals surface area contributed by atoms with E-state index in [4.69, 9.17) is 0 Å². The smallest absolute Gasteiger partial charge is 0.307 e. The van der Waals surface area contributed by atoms with Crippen LogP contribution in [0.1, 0.15) is 24.0 Å². The van der Waals surface area contributed by atoms with Crippen molar-refractivity contribution in [2.24, 2.45) is 7.05 Å². The lowest BCUT2D eigenvalue weighted by Crippen LogP contribution is -2.31. The number of nitrogens with one attached hydrogen (secondary N) is 1. The fourth-order valence-corrected chi connectivity index (χ4v) is 5.06. The van der Waals surface area contributed by atoms with E-state index < -0.39 is 10.0 Å². The molecular formula is C21H25N3O4S2. The molecule has 1 aromatic heterocycles. The van der Waals surface area contributed by atoms with Gasteiger partial charge >= 0.3 is 4.87 Å². The summed E-state index contributed by atoms with van der Waals surface area (Å²) in [6.07, 6.45) is 1.73. The fraction of sp³-hybridized carbons (Fsp3) is 0.333. The van der Waals surface area contributed by atoms with Gasteiger partial charge in [-0.05, 0) is 61.7 Å². The highest BCUT2D eigenvalue weighted by molar-refractivity contribution is 7.92. The largest absolute Gasteiger partial charge is 0.326 e. The van der Waals surface area contributed by atoms with Crippen molar-refractivity contribution in [2.75, 3.05) is 22.4 Å². The van der Waals surface area contributed by atoms with Crippen molar-refractivity contribution in [3.8, 4) is 0 Å². The molecule has 9 heteroatoms. The lowest BCUT2D eigenvalue weighted by molar-refractivity contribution is -0.116. The van der Waals surface area contributed by atoms with Crippen LogP contribution >= 0.6 is 11.3 Å². The molecule has 0 bridgehead atoms. The van der Waals surface area contributed by atoms with E-state index in [1.165, 1.54) is 10.6 Å². The van der Waals surface area contributed by atoms with Crippen LogP contribution in [-0.4, -0.2) is 31.7 Å². The van der Waals surface area contributed by atoms with E-state index in [0.29, 0.717) is 17.8 Å². The molecule has 1 N–H and O–H groups in total. The van der Waals surface area contributed by atoms with Gasteiger partial charge in [0.05, 0.1) is 22.2 Å². The van der Waals surface area contributed by atoms with Crippen LogP contribution in [0.3, 0.4) is 0 Å². The molecule has 0 radical (unpaired) electrons. The van der Waals surface area contributed by atoms with Gasteiger partial charge in [-0.25, -0.2) is 8.42 Å².